The van der Waals surface area contributed by atoms with E-state index in [1.54, 1.807) is 12.1 Å². The number of ether oxygens (including phenoxy) is 1. The number of halogens is 1. The molecular weight excluding hydrogens is 464 g/mol. The van der Waals surface area contributed by atoms with Crippen molar-refractivity contribution in [2.75, 3.05) is 38.5 Å². The minimum absolute atomic E-state index is 0.00873. The van der Waals surface area contributed by atoms with Crippen LogP contribution >= 0.6 is 23.4 Å². The van der Waals surface area contributed by atoms with Gasteiger partial charge in [0.25, 0.3) is 0 Å². The summed E-state index contributed by atoms with van der Waals surface area (Å²) in [4.78, 5) is 28.7. The maximum Gasteiger partial charge on any atom is 0.234 e. The number of nitrogens with zero attached hydrogens (tertiary/aromatic N) is 5. The highest BCUT2D eigenvalue weighted by Crippen LogP contribution is 2.24. The van der Waals surface area contributed by atoms with E-state index in [1.807, 2.05) is 49.4 Å². The van der Waals surface area contributed by atoms with Gasteiger partial charge in [0.1, 0.15) is 12.4 Å². The van der Waals surface area contributed by atoms with Gasteiger partial charge in [-0.2, -0.15) is 0 Å². The van der Waals surface area contributed by atoms with Crippen molar-refractivity contribution in [2.45, 2.75) is 38.1 Å². The van der Waals surface area contributed by atoms with Crippen LogP contribution in [0.4, 0.5) is 0 Å². The highest BCUT2D eigenvalue weighted by Gasteiger charge is 2.24. The minimum atomic E-state index is -0.244. The van der Waals surface area contributed by atoms with E-state index in [0.29, 0.717) is 54.5 Å². The van der Waals surface area contributed by atoms with E-state index in [0.717, 1.165) is 0 Å². The Labute approximate surface area is 203 Å². The van der Waals surface area contributed by atoms with Crippen LogP contribution in [0, 0.1) is 0 Å². The summed E-state index contributed by atoms with van der Waals surface area (Å²) in [6.07, 6.45) is 0. The summed E-state index contributed by atoms with van der Waals surface area (Å²) in [6, 6.07) is 7.25. The Morgan fingerprint density at radius 3 is 2.52 bits per heavy atom. The molecule has 33 heavy (non-hydrogen) atoms. The molecule has 1 aromatic carbocycles. The standard InChI is InChI=1S/C22H31ClN6O3S/c1-22(2,3)24-19(30)13-28-9-11-29(12-10-28)20(31)15-33-21-26-25-18(27(21)4)14-32-17-8-6-5-7-16(17)23/h5-8H,9-15H2,1-4H3,(H,24,30). The Morgan fingerprint density at radius 2 is 1.85 bits per heavy atom. The van der Waals surface area contributed by atoms with Gasteiger partial charge in [-0.25, -0.2) is 0 Å². The number of benzene rings is 1. The molecule has 0 unspecified atom stereocenters. The molecule has 0 aliphatic carbocycles. The Kier molecular flexibility index (Phi) is 8.61. The number of hydrogen-bond donors (Lipinski definition) is 1. The van der Waals surface area contributed by atoms with Crippen LogP contribution in [0.25, 0.3) is 0 Å². The lowest BCUT2D eigenvalue weighted by Crippen LogP contribution is -2.53. The highest BCUT2D eigenvalue weighted by atomic mass is 35.5. The molecule has 180 valence electrons. The number of hydrogen-bond acceptors (Lipinski definition) is 7. The summed E-state index contributed by atoms with van der Waals surface area (Å²) in [5, 5.41) is 12.5. The van der Waals surface area contributed by atoms with E-state index in [-0.39, 0.29) is 29.7 Å². The van der Waals surface area contributed by atoms with E-state index < -0.39 is 0 Å². The van der Waals surface area contributed by atoms with Crippen molar-refractivity contribution < 1.29 is 14.3 Å². The summed E-state index contributed by atoms with van der Waals surface area (Å²) >= 11 is 7.47. The van der Waals surface area contributed by atoms with Crippen molar-refractivity contribution in [3.63, 3.8) is 0 Å². The lowest BCUT2D eigenvalue weighted by Gasteiger charge is -2.34. The van der Waals surface area contributed by atoms with Gasteiger partial charge >= 0.3 is 0 Å². The van der Waals surface area contributed by atoms with Crippen molar-refractivity contribution >= 4 is 35.2 Å². The zero-order chi connectivity index (χ0) is 24.0. The van der Waals surface area contributed by atoms with Gasteiger partial charge in [0.2, 0.25) is 11.8 Å². The van der Waals surface area contributed by atoms with Crippen molar-refractivity contribution in [3.05, 3.63) is 35.1 Å². The quantitative estimate of drug-likeness (QED) is 0.562. The molecule has 2 aromatic rings. The summed E-state index contributed by atoms with van der Waals surface area (Å²) in [5.41, 5.74) is -0.244. The molecule has 1 saturated heterocycles. The average Bonchev–Trinajstić information content (AvgIpc) is 3.10. The fourth-order valence-corrected chi connectivity index (χ4v) is 4.36. The third kappa shape index (κ3) is 7.62. The molecular formula is C22H31ClN6O3S. The summed E-state index contributed by atoms with van der Waals surface area (Å²) in [7, 11) is 1.85. The lowest BCUT2D eigenvalue weighted by molar-refractivity contribution is -0.130. The third-order valence-corrected chi connectivity index (χ3v) is 6.37. The van der Waals surface area contributed by atoms with Gasteiger partial charge in [-0.15, -0.1) is 10.2 Å². The second-order valence-corrected chi connectivity index (χ2v) is 10.3. The SMILES string of the molecule is Cn1c(COc2ccccc2Cl)nnc1SCC(=O)N1CCN(CC(=O)NC(C)(C)C)CC1. The zero-order valence-electron chi connectivity index (χ0n) is 19.5. The number of rotatable bonds is 8. The molecule has 1 aliphatic rings. The fraction of sp³-hybridized carbons (Fsp3) is 0.545. The number of piperazine rings is 1. The van der Waals surface area contributed by atoms with Crippen LogP contribution in [0.2, 0.25) is 5.02 Å². The molecule has 9 nitrogen and oxygen atoms in total. The first kappa shape index (κ1) is 25.3. The summed E-state index contributed by atoms with van der Waals surface area (Å²) in [5.74, 6) is 1.57. The Balaban J connectivity index is 1.42. The molecule has 1 N–H and O–H groups in total. The van der Waals surface area contributed by atoms with E-state index in [2.05, 4.69) is 20.4 Å². The molecule has 0 spiro atoms. The van der Waals surface area contributed by atoms with Crippen LogP contribution in [0.15, 0.2) is 29.4 Å². The van der Waals surface area contributed by atoms with Crippen molar-refractivity contribution in [2.24, 2.45) is 7.05 Å². The number of carbonyl (C=O) groups is 2. The second-order valence-electron chi connectivity index (χ2n) is 8.92. The third-order valence-electron chi connectivity index (χ3n) is 5.05. The Morgan fingerprint density at radius 1 is 1.15 bits per heavy atom. The number of aromatic nitrogens is 3. The molecule has 0 radical (unpaired) electrons. The Bertz CT molecular complexity index is 969. The number of thioether (sulfide) groups is 1. The van der Waals surface area contributed by atoms with Gasteiger partial charge in [0, 0.05) is 38.8 Å². The first-order valence-corrected chi connectivity index (χ1v) is 12.2. The minimum Gasteiger partial charge on any atom is -0.484 e. The fourth-order valence-electron chi connectivity index (χ4n) is 3.33. The average molecular weight is 495 g/mol. The Hall–Kier alpha value is -2.30. The van der Waals surface area contributed by atoms with Crippen molar-refractivity contribution in [3.8, 4) is 5.75 Å². The molecule has 0 atom stereocenters. The topological polar surface area (TPSA) is 92.6 Å². The monoisotopic (exact) mass is 494 g/mol. The van der Waals surface area contributed by atoms with Crippen LogP contribution < -0.4 is 10.1 Å². The van der Waals surface area contributed by atoms with Crippen molar-refractivity contribution in [1.29, 1.82) is 0 Å². The number of para-hydroxylation sites is 1. The van der Waals surface area contributed by atoms with Crippen LogP contribution in [0.5, 0.6) is 5.75 Å². The molecule has 1 aromatic heterocycles. The molecule has 2 amide bonds. The lowest BCUT2D eigenvalue weighted by atomic mass is 10.1. The second kappa shape index (κ2) is 11.2. The maximum absolute atomic E-state index is 12.7. The van der Waals surface area contributed by atoms with E-state index in [9.17, 15) is 9.59 Å². The molecule has 2 heterocycles. The van der Waals surface area contributed by atoms with Crippen LogP contribution in [0.3, 0.4) is 0 Å². The van der Waals surface area contributed by atoms with Gasteiger partial charge in [-0.3, -0.25) is 14.5 Å². The van der Waals surface area contributed by atoms with Crippen LogP contribution in [0.1, 0.15) is 26.6 Å². The first-order valence-electron chi connectivity index (χ1n) is 10.8. The molecule has 3 rings (SSSR count). The van der Waals surface area contributed by atoms with E-state index in [1.165, 1.54) is 11.8 Å². The van der Waals surface area contributed by atoms with Gasteiger partial charge in [-0.05, 0) is 32.9 Å². The predicted molar refractivity (Wildman–Crippen MR) is 128 cm³/mol. The van der Waals surface area contributed by atoms with Crippen LogP contribution in [-0.4, -0.2) is 80.4 Å². The zero-order valence-corrected chi connectivity index (χ0v) is 21.1. The van der Waals surface area contributed by atoms with E-state index >= 15 is 0 Å². The molecule has 0 bridgehead atoms. The van der Waals surface area contributed by atoms with Gasteiger partial charge in [-0.1, -0.05) is 35.5 Å². The van der Waals surface area contributed by atoms with Gasteiger partial charge in [0.05, 0.1) is 17.3 Å². The molecule has 1 aliphatic heterocycles. The summed E-state index contributed by atoms with van der Waals surface area (Å²) < 4.78 is 7.55. The summed E-state index contributed by atoms with van der Waals surface area (Å²) in [6.45, 7) is 9.05. The van der Waals surface area contributed by atoms with E-state index in [4.69, 9.17) is 16.3 Å². The maximum atomic E-state index is 12.7. The molecule has 11 heteroatoms. The number of amides is 2. The van der Waals surface area contributed by atoms with Crippen LogP contribution in [-0.2, 0) is 23.2 Å². The highest BCUT2D eigenvalue weighted by molar-refractivity contribution is 7.99. The number of nitrogens with one attached hydrogen (secondary N) is 1. The van der Waals surface area contributed by atoms with Crippen molar-refractivity contribution in [1.82, 2.24) is 29.9 Å². The normalized spacial score (nSPS) is 14.9. The first-order chi connectivity index (χ1) is 15.6. The number of carbonyl (C=O) groups excluding carboxylic acids is 2. The van der Waals surface area contributed by atoms with Gasteiger partial charge in [0.15, 0.2) is 11.0 Å². The predicted octanol–water partition coefficient (Wildman–Crippen LogP) is 2.20. The van der Waals surface area contributed by atoms with Gasteiger partial charge < -0.3 is 19.5 Å². The molecule has 0 saturated carbocycles. The largest absolute Gasteiger partial charge is 0.484 e. The smallest absolute Gasteiger partial charge is 0.234 e. The molecule has 1 fully saturated rings.